The summed E-state index contributed by atoms with van der Waals surface area (Å²) in [6, 6.07) is 10.5. The maximum absolute atomic E-state index is 11.8. The molecule has 0 unspecified atom stereocenters. The van der Waals surface area contributed by atoms with Crippen molar-refractivity contribution in [2.24, 2.45) is 0 Å². The number of nitrogens with one attached hydrogen (secondary N) is 2. The molecular formula is C14H13ClN2O2. The van der Waals surface area contributed by atoms with Gasteiger partial charge in [-0.1, -0.05) is 24.3 Å². The Balaban J connectivity index is 2.00. The van der Waals surface area contributed by atoms with Gasteiger partial charge in [-0.2, -0.15) is 0 Å². The lowest BCUT2D eigenvalue weighted by Gasteiger charge is -2.06. The van der Waals surface area contributed by atoms with Crippen molar-refractivity contribution in [3.8, 4) is 0 Å². The first kappa shape index (κ1) is 13.4. The maximum Gasteiger partial charge on any atom is 0.253 e. The molecule has 1 amide bonds. The second-order valence-electron chi connectivity index (χ2n) is 4.08. The predicted octanol–water partition coefficient (Wildman–Crippen LogP) is 2.04. The van der Waals surface area contributed by atoms with Crippen molar-refractivity contribution >= 4 is 17.5 Å². The van der Waals surface area contributed by atoms with Gasteiger partial charge in [0.2, 0.25) is 5.56 Å². The first-order chi connectivity index (χ1) is 9.19. The van der Waals surface area contributed by atoms with Crippen molar-refractivity contribution in [2.45, 2.75) is 12.4 Å². The lowest BCUT2D eigenvalue weighted by Crippen LogP contribution is -2.23. The number of pyridine rings is 1. The number of benzene rings is 1. The number of amides is 1. The zero-order valence-corrected chi connectivity index (χ0v) is 10.9. The van der Waals surface area contributed by atoms with Crippen LogP contribution >= 0.6 is 11.6 Å². The molecule has 19 heavy (non-hydrogen) atoms. The Morgan fingerprint density at radius 3 is 2.68 bits per heavy atom. The van der Waals surface area contributed by atoms with Gasteiger partial charge in [0.15, 0.2) is 0 Å². The van der Waals surface area contributed by atoms with Gasteiger partial charge in [-0.05, 0) is 17.2 Å². The molecule has 0 radical (unpaired) electrons. The van der Waals surface area contributed by atoms with Crippen molar-refractivity contribution < 1.29 is 4.79 Å². The van der Waals surface area contributed by atoms with Crippen molar-refractivity contribution in [3.63, 3.8) is 0 Å². The summed E-state index contributed by atoms with van der Waals surface area (Å²) in [6.45, 7) is 0.419. The number of rotatable bonds is 4. The van der Waals surface area contributed by atoms with E-state index in [9.17, 15) is 9.59 Å². The molecule has 0 aliphatic rings. The van der Waals surface area contributed by atoms with Crippen LogP contribution in [0.2, 0.25) is 0 Å². The Kier molecular flexibility index (Phi) is 4.36. The maximum atomic E-state index is 11.8. The molecule has 0 fully saturated rings. The third kappa shape index (κ3) is 3.69. The van der Waals surface area contributed by atoms with E-state index in [0.29, 0.717) is 18.0 Å². The molecule has 4 nitrogen and oxygen atoms in total. The molecule has 1 aromatic heterocycles. The molecule has 5 heteroatoms. The average molecular weight is 277 g/mol. The molecule has 0 aliphatic heterocycles. The number of carbonyl (C=O) groups is 1. The minimum Gasteiger partial charge on any atom is -0.348 e. The second kappa shape index (κ2) is 6.20. The number of hydrogen-bond acceptors (Lipinski definition) is 2. The van der Waals surface area contributed by atoms with Gasteiger partial charge in [0.1, 0.15) is 0 Å². The smallest absolute Gasteiger partial charge is 0.253 e. The third-order valence-corrected chi connectivity index (χ3v) is 2.95. The number of alkyl halides is 1. The normalized spacial score (nSPS) is 10.2. The zero-order valence-electron chi connectivity index (χ0n) is 10.2. The molecule has 1 aromatic carbocycles. The minimum atomic E-state index is -0.230. The van der Waals surface area contributed by atoms with E-state index in [0.717, 1.165) is 11.1 Å². The lowest BCUT2D eigenvalue weighted by atomic mass is 10.1. The monoisotopic (exact) mass is 276 g/mol. The highest BCUT2D eigenvalue weighted by molar-refractivity contribution is 6.17. The summed E-state index contributed by atoms with van der Waals surface area (Å²) < 4.78 is 0. The number of carbonyl (C=O) groups excluding carboxylic acids is 1. The SMILES string of the molecule is O=C(NCc1cccc(CCl)c1)c1ccc(=O)[nH]c1. The van der Waals surface area contributed by atoms with Crippen LogP contribution in [0, 0.1) is 0 Å². The fourth-order valence-electron chi connectivity index (χ4n) is 1.66. The molecule has 0 saturated carbocycles. The molecular weight excluding hydrogens is 264 g/mol. The van der Waals surface area contributed by atoms with Crippen molar-refractivity contribution in [1.82, 2.24) is 10.3 Å². The third-order valence-electron chi connectivity index (χ3n) is 2.65. The van der Waals surface area contributed by atoms with Crippen molar-refractivity contribution in [1.29, 1.82) is 0 Å². The Hall–Kier alpha value is -2.07. The van der Waals surface area contributed by atoms with E-state index in [1.807, 2.05) is 24.3 Å². The van der Waals surface area contributed by atoms with E-state index in [-0.39, 0.29) is 11.5 Å². The summed E-state index contributed by atoms with van der Waals surface area (Å²) in [5.74, 6) is 0.217. The fourth-order valence-corrected chi connectivity index (χ4v) is 1.83. The molecule has 0 atom stereocenters. The van der Waals surface area contributed by atoms with Gasteiger partial charge in [-0.25, -0.2) is 0 Å². The van der Waals surface area contributed by atoms with Crippen LogP contribution in [0.1, 0.15) is 21.5 Å². The Labute approximate surface area is 115 Å². The first-order valence-electron chi connectivity index (χ1n) is 5.80. The van der Waals surface area contributed by atoms with Crippen LogP contribution in [0.3, 0.4) is 0 Å². The molecule has 2 aromatic rings. The highest BCUT2D eigenvalue weighted by atomic mass is 35.5. The van der Waals surface area contributed by atoms with E-state index < -0.39 is 0 Å². The van der Waals surface area contributed by atoms with Crippen molar-refractivity contribution in [3.05, 3.63) is 69.6 Å². The summed E-state index contributed by atoms with van der Waals surface area (Å²) in [5.41, 5.74) is 2.19. The van der Waals surface area contributed by atoms with Gasteiger partial charge in [-0.15, -0.1) is 11.6 Å². The largest absolute Gasteiger partial charge is 0.348 e. The van der Waals surface area contributed by atoms with Gasteiger partial charge >= 0.3 is 0 Å². The van der Waals surface area contributed by atoms with Gasteiger partial charge in [0.25, 0.3) is 5.91 Å². The van der Waals surface area contributed by atoms with Crippen molar-refractivity contribution in [2.75, 3.05) is 0 Å². The minimum absolute atomic E-state index is 0.229. The summed E-state index contributed by atoms with van der Waals surface area (Å²) in [7, 11) is 0. The molecule has 0 aliphatic carbocycles. The standard InChI is InChI=1S/C14H13ClN2O2/c15-7-10-2-1-3-11(6-10)8-17-14(19)12-4-5-13(18)16-9-12/h1-6,9H,7-8H2,(H,16,18)(H,17,19). The van der Waals surface area contributed by atoms with Gasteiger partial charge < -0.3 is 10.3 Å². The number of hydrogen-bond donors (Lipinski definition) is 2. The summed E-state index contributed by atoms with van der Waals surface area (Å²) in [5, 5.41) is 2.78. The molecule has 2 N–H and O–H groups in total. The first-order valence-corrected chi connectivity index (χ1v) is 6.33. The average Bonchev–Trinajstić information content (AvgIpc) is 2.46. The number of aromatic nitrogens is 1. The van der Waals surface area contributed by atoms with Crippen LogP contribution in [-0.2, 0) is 12.4 Å². The summed E-state index contributed by atoms with van der Waals surface area (Å²) in [6.07, 6.45) is 1.40. The number of aromatic amines is 1. The van der Waals surface area contributed by atoms with Crippen LogP contribution in [-0.4, -0.2) is 10.9 Å². The molecule has 98 valence electrons. The van der Waals surface area contributed by atoms with Crippen LogP contribution < -0.4 is 10.9 Å². The Morgan fingerprint density at radius 2 is 2.00 bits per heavy atom. The predicted molar refractivity (Wildman–Crippen MR) is 74.2 cm³/mol. The quantitative estimate of drug-likeness (QED) is 0.840. The molecule has 1 heterocycles. The van der Waals surface area contributed by atoms with E-state index in [4.69, 9.17) is 11.6 Å². The van der Waals surface area contributed by atoms with E-state index in [1.165, 1.54) is 18.3 Å². The Bertz CT molecular complexity index is 617. The Morgan fingerprint density at radius 1 is 1.21 bits per heavy atom. The van der Waals surface area contributed by atoms with E-state index in [2.05, 4.69) is 10.3 Å². The summed E-state index contributed by atoms with van der Waals surface area (Å²) in [4.78, 5) is 25.2. The number of H-pyrrole nitrogens is 1. The molecule has 0 saturated heterocycles. The number of halogens is 1. The van der Waals surface area contributed by atoms with E-state index >= 15 is 0 Å². The summed E-state index contributed by atoms with van der Waals surface area (Å²) >= 11 is 5.75. The molecule has 0 spiro atoms. The van der Waals surface area contributed by atoms with Crippen LogP contribution in [0.15, 0.2) is 47.4 Å². The highest BCUT2D eigenvalue weighted by Gasteiger charge is 2.05. The topological polar surface area (TPSA) is 62.0 Å². The van der Waals surface area contributed by atoms with Crippen LogP contribution in [0.5, 0.6) is 0 Å². The van der Waals surface area contributed by atoms with Crippen LogP contribution in [0.25, 0.3) is 0 Å². The van der Waals surface area contributed by atoms with Gasteiger partial charge in [0.05, 0.1) is 5.56 Å². The zero-order chi connectivity index (χ0) is 13.7. The second-order valence-corrected chi connectivity index (χ2v) is 4.35. The van der Waals surface area contributed by atoms with E-state index in [1.54, 1.807) is 0 Å². The van der Waals surface area contributed by atoms with Gasteiger partial charge in [0, 0.05) is 24.7 Å². The highest BCUT2D eigenvalue weighted by Crippen LogP contribution is 2.07. The van der Waals surface area contributed by atoms with Gasteiger partial charge in [-0.3, -0.25) is 9.59 Å². The molecule has 2 rings (SSSR count). The lowest BCUT2D eigenvalue weighted by molar-refractivity contribution is 0.0950. The molecule has 0 bridgehead atoms. The van der Waals surface area contributed by atoms with Crippen LogP contribution in [0.4, 0.5) is 0 Å². The fraction of sp³-hybridized carbons (Fsp3) is 0.143.